The first-order chi connectivity index (χ1) is 6.45. The molecule has 0 aromatic carbocycles. The van der Waals surface area contributed by atoms with Crippen LogP contribution >= 0.6 is 0 Å². The summed E-state index contributed by atoms with van der Waals surface area (Å²) in [6, 6.07) is 5.87. The zero-order valence-electron chi connectivity index (χ0n) is 6.86. The summed E-state index contributed by atoms with van der Waals surface area (Å²) in [5, 5.41) is 1.08. The highest BCUT2D eigenvalue weighted by atomic mass is 14.8. The fourth-order valence-corrected chi connectivity index (χ4v) is 1.52. The number of fused-ring (bicyclic) bond motifs is 3. The molecule has 0 radical (unpaired) electrons. The number of aromatic nitrogens is 3. The molecule has 0 bridgehead atoms. The Hall–Kier alpha value is -1.90. The van der Waals surface area contributed by atoms with Gasteiger partial charge in [-0.2, -0.15) is 0 Å². The highest BCUT2D eigenvalue weighted by molar-refractivity contribution is 6.00. The summed E-state index contributed by atoms with van der Waals surface area (Å²) in [6.07, 6.45) is 5.53. The second kappa shape index (κ2) is 2.29. The van der Waals surface area contributed by atoms with E-state index in [1.807, 2.05) is 30.6 Å². The molecule has 3 heteroatoms. The molecule has 0 spiro atoms. The third kappa shape index (κ3) is 0.839. The predicted octanol–water partition coefficient (Wildman–Crippen LogP) is 2.11. The zero-order valence-corrected chi connectivity index (χ0v) is 6.86. The lowest BCUT2D eigenvalue weighted by Crippen LogP contribution is -1.82. The molecule has 0 amide bonds. The van der Waals surface area contributed by atoms with Gasteiger partial charge in [0.2, 0.25) is 0 Å². The van der Waals surface area contributed by atoms with E-state index < -0.39 is 0 Å². The molecular formula is C10H7N3. The highest BCUT2D eigenvalue weighted by Crippen LogP contribution is 2.18. The van der Waals surface area contributed by atoms with Crippen LogP contribution in [0.5, 0.6) is 0 Å². The van der Waals surface area contributed by atoms with E-state index in [2.05, 4.69) is 15.0 Å². The van der Waals surface area contributed by atoms with Crippen LogP contribution in [0, 0.1) is 0 Å². The van der Waals surface area contributed by atoms with E-state index in [0.29, 0.717) is 0 Å². The number of nitrogens with zero attached hydrogens (tertiary/aromatic N) is 2. The van der Waals surface area contributed by atoms with E-state index in [-0.39, 0.29) is 0 Å². The molecular weight excluding hydrogens is 162 g/mol. The first-order valence-electron chi connectivity index (χ1n) is 4.12. The van der Waals surface area contributed by atoms with Gasteiger partial charge in [0.15, 0.2) is 0 Å². The number of nitrogens with one attached hydrogen (secondary N) is 1. The van der Waals surface area contributed by atoms with Gasteiger partial charge in [-0.1, -0.05) is 0 Å². The molecule has 0 atom stereocenters. The Balaban J connectivity index is 2.65. The molecule has 13 heavy (non-hydrogen) atoms. The molecule has 0 aliphatic carbocycles. The minimum Gasteiger partial charge on any atom is -0.358 e. The first kappa shape index (κ1) is 6.60. The molecule has 62 valence electrons. The molecule has 3 heterocycles. The number of pyridine rings is 2. The minimum absolute atomic E-state index is 0.953. The van der Waals surface area contributed by atoms with Gasteiger partial charge in [-0.15, -0.1) is 0 Å². The summed E-state index contributed by atoms with van der Waals surface area (Å²) in [5.41, 5.74) is 2.95. The van der Waals surface area contributed by atoms with Gasteiger partial charge in [-0.25, -0.2) is 0 Å². The van der Waals surface area contributed by atoms with Crippen LogP contribution in [0.15, 0.2) is 36.8 Å². The van der Waals surface area contributed by atoms with Crippen LogP contribution in [0.3, 0.4) is 0 Å². The Kier molecular flexibility index (Phi) is 1.16. The fourth-order valence-electron chi connectivity index (χ4n) is 1.52. The number of H-pyrrole nitrogens is 1. The third-order valence-corrected chi connectivity index (χ3v) is 2.14. The Labute approximate surface area is 74.4 Å². The van der Waals surface area contributed by atoms with Crippen molar-refractivity contribution in [3.63, 3.8) is 0 Å². The molecule has 0 unspecified atom stereocenters. The van der Waals surface area contributed by atoms with Crippen molar-refractivity contribution in [1.29, 1.82) is 0 Å². The average molecular weight is 169 g/mol. The first-order valence-corrected chi connectivity index (χ1v) is 4.12. The van der Waals surface area contributed by atoms with E-state index in [9.17, 15) is 0 Å². The number of hydrogen-bond donors (Lipinski definition) is 1. The minimum atomic E-state index is 0.953. The average Bonchev–Trinajstić information content (AvgIpc) is 2.65. The molecule has 3 aromatic rings. The van der Waals surface area contributed by atoms with E-state index >= 15 is 0 Å². The third-order valence-electron chi connectivity index (χ3n) is 2.14. The molecule has 0 aliphatic heterocycles. The molecule has 3 nitrogen and oxygen atoms in total. The summed E-state index contributed by atoms with van der Waals surface area (Å²) in [6.45, 7) is 0. The summed E-state index contributed by atoms with van der Waals surface area (Å²) in [4.78, 5) is 11.7. The van der Waals surface area contributed by atoms with E-state index in [0.717, 1.165) is 21.9 Å². The standard InChI is InChI=1S/C10H7N3/c1-2-8-10(11-4-1)9-7(6-13-8)3-5-12-9/h1-6,11H. The fraction of sp³-hybridized carbons (Fsp3) is 0. The largest absolute Gasteiger partial charge is 0.358 e. The maximum Gasteiger partial charge on any atom is 0.0974 e. The van der Waals surface area contributed by atoms with Crippen LogP contribution in [0.1, 0.15) is 0 Å². The van der Waals surface area contributed by atoms with Gasteiger partial charge < -0.3 is 4.98 Å². The van der Waals surface area contributed by atoms with Crippen molar-refractivity contribution in [3.05, 3.63) is 36.8 Å². The number of hydrogen-bond acceptors (Lipinski definition) is 2. The number of aromatic amines is 1. The van der Waals surface area contributed by atoms with Crippen LogP contribution in [0.2, 0.25) is 0 Å². The normalized spacial score (nSPS) is 11.1. The lowest BCUT2D eigenvalue weighted by Gasteiger charge is -1.96. The van der Waals surface area contributed by atoms with Crippen molar-refractivity contribution in [2.24, 2.45) is 0 Å². The summed E-state index contributed by atoms with van der Waals surface area (Å²) < 4.78 is 0. The van der Waals surface area contributed by atoms with Crippen molar-refractivity contribution in [1.82, 2.24) is 15.0 Å². The Bertz CT molecular complexity index is 568. The molecule has 0 aliphatic rings. The second-order valence-electron chi connectivity index (χ2n) is 2.94. The molecule has 0 fully saturated rings. The van der Waals surface area contributed by atoms with E-state index in [1.165, 1.54) is 0 Å². The van der Waals surface area contributed by atoms with Crippen LogP contribution in [0.25, 0.3) is 21.9 Å². The van der Waals surface area contributed by atoms with E-state index in [4.69, 9.17) is 0 Å². The van der Waals surface area contributed by atoms with Gasteiger partial charge in [0.05, 0.1) is 16.6 Å². The molecule has 0 saturated carbocycles. The summed E-state index contributed by atoms with van der Waals surface area (Å²) in [7, 11) is 0. The van der Waals surface area contributed by atoms with Gasteiger partial charge in [0.1, 0.15) is 0 Å². The van der Waals surface area contributed by atoms with Crippen LogP contribution in [-0.4, -0.2) is 15.0 Å². The maximum absolute atomic E-state index is 4.31. The number of rotatable bonds is 0. The monoisotopic (exact) mass is 169 g/mol. The topological polar surface area (TPSA) is 41.6 Å². The Morgan fingerprint density at radius 3 is 3.15 bits per heavy atom. The van der Waals surface area contributed by atoms with Gasteiger partial charge >= 0.3 is 0 Å². The molecule has 3 aromatic heterocycles. The lowest BCUT2D eigenvalue weighted by atomic mass is 10.2. The summed E-state index contributed by atoms with van der Waals surface area (Å²) in [5.74, 6) is 0. The van der Waals surface area contributed by atoms with Gasteiger partial charge in [-0.3, -0.25) is 9.97 Å². The van der Waals surface area contributed by atoms with Crippen LogP contribution in [0.4, 0.5) is 0 Å². The molecule has 0 saturated heterocycles. The smallest absolute Gasteiger partial charge is 0.0974 e. The quantitative estimate of drug-likeness (QED) is 0.560. The second-order valence-corrected chi connectivity index (χ2v) is 2.94. The Morgan fingerprint density at radius 2 is 2.15 bits per heavy atom. The SMILES string of the molecule is c1c[nH]c2c(c1)ncc1ccnc12. The zero-order chi connectivity index (χ0) is 8.67. The lowest BCUT2D eigenvalue weighted by molar-refractivity contribution is 1.35. The van der Waals surface area contributed by atoms with Crippen molar-refractivity contribution >= 4 is 21.9 Å². The van der Waals surface area contributed by atoms with Gasteiger partial charge in [0.25, 0.3) is 0 Å². The van der Waals surface area contributed by atoms with Gasteiger partial charge in [-0.05, 0) is 18.2 Å². The maximum atomic E-state index is 4.31. The predicted molar refractivity (Wildman–Crippen MR) is 51.4 cm³/mol. The molecule has 1 N–H and O–H groups in total. The Morgan fingerprint density at radius 1 is 1.15 bits per heavy atom. The highest BCUT2D eigenvalue weighted by Gasteiger charge is 2.01. The van der Waals surface area contributed by atoms with Crippen LogP contribution < -0.4 is 0 Å². The van der Waals surface area contributed by atoms with Crippen molar-refractivity contribution in [3.8, 4) is 0 Å². The van der Waals surface area contributed by atoms with Crippen molar-refractivity contribution < 1.29 is 0 Å². The molecule has 3 rings (SSSR count). The van der Waals surface area contributed by atoms with Crippen molar-refractivity contribution in [2.45, 2.75) is 0 Å². The van der Waals surface area contributed by atoms with Gasteiger partial charge in [0, 0.05) is 24.0 Å². The van der Waals surface area contributed by atoms with Crippen LogP contribution in [-0.2, 0) is 0 Å². The van der Waals surface area contributed by atoms with Crippen molar-refractivity contribution in [2.75, 3.05) is 0 Å². The summed E-state index contributed by atoms with van der Waals surface area (Å²) >= 11 is 0. The van der Waals surface area contributed by atoms with E-state index in [1.54, 1.807) is 6.20 Å².